The smallest absolute Gasteiger partial charge is 0.423 e. The van der Waals surface area contributed by atoms with E-state index in [0.717, 1.165) is 12.6 Å². The van der Waals surface area contributed by atoms with Crippen LogP contribution in [0.2, 0.25) is 0 Å². The van der Waals surface area contributed by atoms with Gasteiger partial charge in [0.25, 0.3) is 11.8 Å². The molecule has 232 valence electrons. The van der Waals surface area contributed by atoms with E-state index in [1.54, 1.807) is 19.2 Å². The number of hydrogen-bond donors (Lipinski definition) is 1. The second-order valence-corrected chi connectivity index (χ2v) is 11.0. The lowest BCUT2D eigenvalue weighted by Crippen LogP contribution is -2.56. The van der Waals surface area contributed by atoms with Crippen LogP contribution >= 0.6 is 0 Å². The number of methoxy groups -OCH3 is 1. The van der Waals surface area contributed by atoms with Crippen molar-refractivity contribution in [1.82, 2.24) is 19.8 Å². The van der Waals surface area contributed by atoms with Crippen molar-refractivity contribution in [1.29, 1.82) is 0 Å². The third-order valence-electron chi connectivity index (χ3n) is 7.91. The van der Waals surface area contributed by atoms with Gasteiger partial charge in [-0.2, -0.15) is 18.2 Å². The normalized spacial score (nSPS) is 20.4. The summed E-state index contributed by atoms with van der Waals surface area (Å²) >= 11 is 0. The molecule has 15 heteroatoms. The lowest BCUT2D eigenvalue weighted by molar-refractivity contribution is -0.139. The quantitative estimate of drug-likeness (QED) is 0.408. The van der Waals surface area contributed by atoms with E-state index in [9.17, 15) is 22.8 Å². The Labute approximate surface area is 249 Å². The van der Waals surface area contributed by atoms with Gasteiger partial charge >= 0.3 is 6.18 Å². The van der Waals surface area contributed by atoms with Gasteiger partial charge in [0, 0.05) is 45.0 Å². The van der Waals surface area contributed by atoms with Crippen molar-refractivity contribution in [3.63, 3.8) is 0 Å². The van der Waals surface area contributed by atoms with Crippen LogP contribution in [0, 0.1) is 5.82 Å². The van der Waals surface area contributed by atoms with E-state index in [0.29, 0.717) is 24.7 Å². The molecule has 2 amide bonds. The summed E-state index contributed by atoms with van der Waals surface area (Å²) in [5, 5.41) is 2.69. The summed E-state index contributed by atoms with van der Waals surface area (Å²) in [6, 6.07) is 7.00. The number of aromatic nitrogens is 2. The van der Waals surface area contributed by atoms with Gasteiger partial charge in [-0.3, -0.25) is 9.59 Å². The molecule has 1 spiro atoms. The highest BCUT2D eigenvalue weighted by Crippen LogP contribution is 2.41. The Morgan fingerprint density at radius 2 is 1.91 bits per heavy atom. The number of morpholine rings is 1. The number of anilines is 3. The Hall–Kier alpha value is -4.50. The van der Waals surface area contributed by atoms with Crippen molar-refractivity contribution in [2.45, 2.75) is 24.7 Å². The number of nitrogens with zero attached hydrogens (tertiary/aromatic N) is 5. The van der Waals surface area contributed by atoms with Crippen LogP contribution in [0.3, 0.4) is 0 Å². The molecule has 0 saturated carbocycles. The summed E-state index contributed by atoms with van der Waals surface area (Å²) in [6.45, 7) is 1.58. The number of halogens is 4. The van der Waals surface area contributed by atoms with Gasteiger partial charge in [0.05, 0.1) is 30.6 Å². The summed E-state index contributed by atoms with van der Waals surface area (Å²) in [5.41, 5.74) is -1.19. The molecule has 4 heterocycles. The van der Waals surface area contributed by atoms with Crippen LogP contribution in [-0.2, 0) is 22.3 Å². The molecule has 1 atom stereocenters. The van der Waals surface area contributed by atoms with E-state index < -0.39 is 40.9 Å². The maximum atomic E-state index is 15.6. The van der Waals surface area contributed by atoms with Gasteiger partial charge in [-0.15, -0.1) is 0 Å². The van der Waals surface area contributed by atoms with Gasteiger partial charge in [-0.25, -0.2) is 9.37 Å². The number of rotatable bonds is 6. The molecule has 2 fully saturated rings. The lowest BCUT2D eigenvalue weighted by atomic mass is 9.99. The number of carbonyl (C=O) groups is 2. The summed E-state index contributed by atoms with van der Waals surface area (Å²) in [7, 11) is 4.83. The van der Waals surface area contributed by atoms with E-state index in [2.05, 4.69) is 20.2 Å². The molecule has 0 radical (unpaired) electrons. The lowest BCUT2D eigenvalue weighted by Gasteiger charge is -2.40. The molecule has 3 aliphatic heterocycles. The number of benzene rings is 2. The van der Waals surface area contributed by atoms with Gasteiger partial charge in [0.2, 0.25) is 11.8 Å². The molecular formula is C29H28F4N6O5. The number of alkyl halides is 3. The van der Waals surface area contributed by atoms with Crippen LogP contribution < -0.4 is 19.7 Å². The third-order valence-corrected chi connectivity index (χ3v) is 7.91. The van der Waals surface area contributed by atoms with Crippen molar-refractivity contribution in [2.75, 3.05) is 57.7 Å². The Morgan fingerprint density at radius 1 is 1.11 bits per heavy atom. The highest BCUT2D eigenvalue weighted by molar-refractivity contribution is 6.01. The largest absolute Gasteiger partial charge is 0.494 e. The molecule has 6 rings (SSSR count). The first-order valence-corrected chi connectivity index (χ1v) is 13.6. The highest BCUT2D eigenvalue weighted by atomic mass is 19.4. The molecule has 1 unspecified atom stereocenters. The number of amides is 2. The molecule has 1 N–H and O–H groups in total. The molecule has 44 heavy (non-hydrogen) atoms. The average molecular weight is 617 g/mol. The van der Waals surface area contributed by atoms with Crippen molar-refractivity contribution < 1.29 is 41.4 Å². The van der Waals surface area contributed by atoms with Gasteiger partial charge in [-0.05, 0) is 25.1 Å². The van der Waals surface area contributed by atoms with Gasteiger partial charge in [0.15, 0.2) is 0 Å². The minimum absolute atomic E-state index is 0.00659. The molecule has 11 nitrogen and oxygen atoms in total. The predicted molar refractivity (Wildman–Crippen MR) is 149 cm³/mol. The first kappa shape index (κ1) is 29.6. The Morgan fingerprint density at radius 3 is 2.61 bits per heavy atom. The van der Waals surface area contributed by atoms with Crippen LogP contribution in [0.5, 0.6) is 17.4 Å². The zero-order valence-corrected chi connectivity index (χ0v) is 24.0. The Bertz CT molecular complexity index is 1650. The zero-order valence-electron chi connectivity index (χ0n) is 24.0. The second kappa shape index (κ2) is 10.9. The van der Waals surface area contributed by atoms with Gasteiger partial charge in [0.1, 0.15) is 35.1 Å². The summed E-state index contributed by atoms with van der Waals surface area (Å²) < 4.78 is 74.2. The zero-order chi connectivity index (χ0) is 31.4. The molecule has 0 bridgehead atoms. The fraction of sp³-hybridized carbons (Fsp3) is 0.379. The Balaban J connectivity index is 1.32. The SMILES string of the molecule is COc1cc(N2CC3(CCN(C)C3)OCC2=O)c(F)cc1Nc1ncc(C(F)(F)F)c(Oc2cccc3c2C(=O)N(C)C3)n1. The van der Waals surface area contributed by atoms with Crippen LogP contribution in [0.4, 0.5) is 34.9 Å². The van der Waals surface area contributed by atoms with E-state index >= 15 is 4.39 Å². The van der Waals surface area contributed by atoms with Gasteiger partial charge in [-0.1, -0.05) is 12.1 Å². The van der Waals surface area contributed by atoms with E-state index in [4.69, 9.17) is 14.2 Å². The first-order chi connectivity index (χ1) is 20.9. The fourth-order valence-corrected chi connectivity index (χ4v) is 5.72. The van der Waals surface area contributed by atoms with Crippen molar-refractivity contribution in [3.05, 3.63) is 59.0 Å². The number of likely N-dealkylation sites (N-methyl/N-ethyl adjacent to an activating group) is 1. The van der Waals surface area contributed by atoms with E-state index in [1.807, 2.05) is 7.05 Å². The molecule has 0 aliphatic carbocycles. The third kappa shape index (κ3) is 5.36. The maximum Gasteiger partial charge on any atom is 0.423 e. The molecule has 3 aliphatic rings. The maximum absolute atomic E-state index is 15.6. The molecule has 1 aromatic heterocycles. The molecular weight excluding hydrogens is 588 g/mol. The number of likely N-dealkylation sites (tertiary alicyclic amines) is 1. The predicted octanol–water partition coefficient (Wildman–Crippen LogP) is 4.20. The van der Waals surface area contributed by atoms with E-state index in [1.165, 1.54) is 29.0 Å². The number of nitrogens with one attached hydrogen (secondary N) is 1. The fourth-order valence-electron chi connectivity index (χ4n) is 5.72. The highest BCUT2D eigenvalue weighted by Gasteiger charge is 2.45. The number of carbonyl (C=O) groups excluding carboxylic acids is 2. The van der Waals surface area contributed by atoms with Crippen molar-refractivity contribution >= 4 is 29.1 Å². The van der Waals surface area contributed by atoms with Crippen LogP contribution in [0.1, 0.15) is 27.9 Å². The van der Waals surface area contributed by atoms with E-state index in [-0.39, 0.29) is 54.1 Å². The van der Waals surface area contributed by atoms with Crippen molar-refractivity contribution in [2.24, 2.45) is 0 Å². The number of hydrogen-bond acceptors (Lipinski definition) is 9. The minimum atomic E-state index is -4.88. The monoisotopic (exact) mass is 616 g/mol. The van der Waals surface area contributed by atoms with Crippen LogP contribution in [0.25, 0.3) is 0 Å². The Kier molecular flexibility index (Phi) is 7.32. The minimum Gasteiger partial charge on any atom is -0.494 e. The molecule has 3 aromatic rings. The first-order valence-electron chi connectivity index (χ1n) is 13.6. The molecule has 2 saturated heterocycles. The summed E-state index contributed by atoms with van der Waals surface area (Å²) in [6.07, 6.45) is -3.67. The number of ether oxygens (including phenoxy) is 3. The van der Waals surface area contributed by atoms with Gasteiger partial charge < -0.3 is 34.2 Å². The summed E-state index contributed by atoms with van der Waals surface area (Å²) in [4.78, 5) is 37.9. The van der Waals surface area contributed by atoms with Crippen molar-refractivity contribution in [3.8, 4) is 17.4 Å². The van der Waals surface area contributed by atoms with Crippen LogP contribution in [0.15, 0.2) is 36.5 Å². The second-order valence-electron chi connectivity index (χ2n) is 11.0. The number of fused-ring (bicyclic) bond motifs is 1. The standard InChI is InChI=1S/C29H28F4N6O5/c1-37-8-7-28(14-37)15-39(23(40)13-43-28)20-10-22(42-3)19(9-18(20)30)35-27-34-11-17(29(31,32)33)25(36-27)44-21-6-4-5-16-12-38(2)26(41)24(16)21/h4-6,9-11H,7-8,12-15H2,1-3H3,(H,34,35,36). The summed E-state index contributed by atoms with van der Waals surface area (Å²) in [5.74, 6) is -2.83. The average Bonchev–Trinajstić information content (AvgIpc) is 3.48. The van der Waals surface area contributed by atoms with Crippen LogP contribution in [-0.4, -0.2) is 84.6 Å². The molecule has 2 aromatic carbocycles. The topological polar surface area (TPSA) is 109 Å².